The number of fused-ring (bicyclic) bond motifs is 2. The third kappa shape index (κ3) is 2.55. The van der Waals surface area contributed by atoms with E-state index in [0.29, 0.717) is 23.2 Å². The predicted octanol–water partition coefficient (Wildman–Crippen LogP) is 1.49. The first-order valence-electron chi connectivity index (χ1n) is 5.99. The van der Waals surface area contributed by atoms with Crippen LogP contribution < -0.4 is 5.43 Å². The number of hydrogen-bond donors (Lipinski definition) is 2. The third-order valence-corrected chi connectivity index (χ3v) is 3.65. The molecule has 0 heterocycles. The molecule has 7 nitrogen and oxygen atoms in total. The normalized spacial score (nSPS) is 28.6. The van der Waals surface area contributed by atoms with E-state index in [4.69, 9.17) is 10.1 Å². The van der Waals surface area contributed by atoms with Crippen molar-refractivity contribution in [1.82, 2.24) is 10.4 Å². The second-order valence-electron chi connectivity index (χ2n) is 4.70. The lowest BCUT2D eigenvalue weighted by atomic mass is 9.98. The maximum absolute atomic E-state index is 11.7. The van der Waals surface area contributed by atoms with E-state index >= 15 is 0 Å². The van der Waals surface area contributed by atoms with Crippen LogP contribution in [-0.4, -0.2) is 36.7 Å². The number of hydrazine groups is 1. The van der Waals surface area contributed by atoms with Crippen LogP contribution in [-0.2, 0) is 9.47 Å². The molecule has 18 heavy (non-hydrogen) atoms. The minimum atomic E-state index is -0.816. The third-order valence-electron chi connectivity index (χ3n) is 3.65. The molecule has 0 aromatic carbocycles. The van der Waals surface area contributed by atoms with Crippen LogP contribution in [0.1, 0.15) is 25.7 Å². The second kappa shape index (κ2) is 5.24. The van der Waals surface area contributed by atoms with Gasteiger partial charge in [-0.1, -0.05) is 0 Å². The van der Waals surface area contributed by atoms with Gasteiger partial charge in [-0.3, -0.25) is 5.41 Å². The number of methoxy groups -OCH3 is 1. The van der Waals surface area contributed by atoms with Crippen LogP contribution in [0.3, 0.4) is 0 Å². The van der Waals surface area contributed by atoms with Gasteiger partial charge in [-0.05, 0) is 37.5 Å². The Morgan fingerprint density at radius 2 is 2.17 bits per heavy atom. The Morgan fingerprint density at radius 1 is 1.39 bits per heavy atom. The highest BCUT2D eigenvalue weighted by Gasteiger charge is 2.42. The van der Waals surface area contributed by atoms with Gasteiger partial charge in [0.05, 0.1) is 7.11 Å². The summed E-state index contributed by atoms with van der Waals surface area (Å²) in [6.07, 6.45) is 3.36. The van der Waals surface area contributed by atoms with Gasteiger partial charge in [-0.2, -0.15) is 5.01 Å². The molecule has 2 aliphatic carbocycles. The maximum atomic E-state index is 11.7. The number of rotatable bonds is 2. The molecule has 3 atom stereocenters. The first-order valence-corrected chi connectivity index (χ1v) is 5.99. The molecule has 2 bridgehead atoms. The van der Waals surface area contributed by atoms with Gasteiger partial charge in [0.25, 0.3) is 0 Å². The van der Waals surface area contributed by atoms with Crippen LogP contribution in [0.2, 0.25) is 0 Å². The van der Waals surface area contributed by atoms with E-state index in [1.807, 2.05) is 0 Å². The summed E-state index contributed by atoms with van der Waals surface area (Å²) in [4.78, 5) is 22.7. The Kier molecular flexibility index (Phi) is 3.69. The summed E-state index contributed by atoms with van der Waals surface area (Å²) in [5.74, 6) is 1.10. The lowest BCUT2D eigenvalue weighted by Gasteiger charge is -2.24. The topological polar surface area (TPSA) is 91.7 Å². The van der Waals surface area contributed by atoms with Gasteiger partial charge in [-0.15, -0.1) is 0 Å². The molecule has 2 aliphatic rings. The average molecular weight is 255 g/mol. The number of nitrogens with zero attached hydrogens (tertiary/aromatic N) is 1. The minimum absolute atomic E-state index is 0.0850. The summed E-state index contributed by atoms with van der Waals surface area (Å²) in [7, 11) is 1.18. The van der Waals surface area contributed by atoms with E-state index in [1.165, 1.54) is 13.5 Å². The summed E-state index contributed by atoms with van der Waals surface area (Å²) in [6, 6.07) is 0. The molecule has 0 aliphatic heterocycles. The summed E-state index contributed by atoms with van der Waals surface area (Å²) >= 11 is 0. The predicted molar refractivity (Wildman–Crippen MR) is 61.9 cm³/mol. The summed E-state index contributed by atoms with van der Waals surface area (Å²) < 4.78 is 9.66. The highest BCUT2D eigenvalue weighted by molar-refractivity contribution is 5.84. The summed E-state index contributed by atoms with van der Waals surface area (Å²) in [5.41, 5.74) is 2.09. The first kappa shape index (κ1) is 12.7. The van der Waals surface area contributed by atoms with Crippen molar-refractivity contribution in [3.05, 3.63) is 0 Å². The van der Waals surface area contributed by atoms with Gasteiger partial charge < -0.3 is 9.47 Å². The standard InChI is InChI=1S/C11H17N3O4/c1-17-10(15)13-14(6-12)11(16)18-9-5-7-2-3-8(9)4-7/h6-9,12H,2-5H2,1H3,(H,13,15). The lowest BCUT2D eigenvalue weighted by molar-refractivity contribution is 0.0418. The smallest absolute Gasteiger partial charge is 0.434 e. The number of hydrogen-bond acceptors (Lipinski definition) is 5. The molecule has 2 saturated carbocycles. The number of ether oxygens (including phenoxy) is 2. The van der Waals surface area contributed by atoms with Crippen LogP contribution in [0, 0.1) is 17.2 Å². The molecule has 2 fully saturated rings. The van der Waals surface area contributed by atoms with Gasteiger partial charge in [0.1, 0.15) is 12.4 Å². The van der Waals surface area contributed by atoms with E-state index in [1.54, 1.807) is 0 Å². The SMILES string of the molecule is COC(=O)NN(C=N)C(=O)OC1CC2CCC1C2. The maximum Gasteiger partial charge on any atom is 0.434 e. The van der Waals surface area contributed by atoms with E-state index in [-0.39, 0.29) is 6.10 Å². The van der Waals surface area contributed by atoms with Crippen molar-refractivity contribution in [2.75, 3.05) is 7.11 Å². The van der Waals surface area contributed by atoms with E-state index in [0.717, 1.165) is 19.3 Å². The van der Waals surface area contributed by atoms with Gasteiger partial charge in [0.2, 0.25) is 0 Å². The molecule has 0 spiro atoms. The lowest BCUT2D eigenvalue weighted by Crippen LogP contribution is -2.46. The average Bonchev–Trinajstić information content (AvgIpc) is 2.97. The quantitative estimate of drug-likeness (QED) is 0.444. The van der Waals surface area contributed by atoms with Crippen molar-refractivity contribution < 1.29 is 19.1 Å². The number of amides is 2. The Hall–Kier alpha value is -1.79. The van der Waals surface area contributed by atoms with Gasteiger partial charge in [0, 0.05) is 0 Å². The van der Waals surface area contributed by atoms with Crippen molar-refractivity contribution in [2.45, 2.75) is 31.8 Å². The molecule has 100 valence electrons. The fraction of sp³-hybridized carbons (Fsp3) is 0.727. The van der Waals surface area contributed by atoms with Crippen molar-refractivity contribution in [1.29, 1.82) is 5.41 Å². The molecule has 2 rings (SSSR count). The molecular formula is C11H17N3O4. The van der Waals surface area contributed by atoms with Crippen LogP contribution in [0.15, 0.2) is 0 Å². The zero-order valence-electron chi connectivity index (χ0n) is 10.2. The number of carbonyl (C=O) groups is 2. The zero-order chi connectivity index (χ0) is 13.1. The molecule has 0 aromatic heterocycles. The van der Waals surface area contributed by atoms with Gasteiger partial charge in [0.15, 0.2) is 0 Å². The number of carbonyl (C=O) groups excluding carboxylic acids is 2. The molecule has 7 heteroatoms. The fourth-order valence-corrected chi connectivity index (χ4v) is 2.79. The van der Waals surface area contributed by atoms with Gasteiger partial charge in [-0.25, -0.2) is 15.0 Å². The summed E-state index contributed by atoms with van der Waals surface area (Å²) in [6.45, 7) is 0. The highest BCUT2D eigenvalue weighted by Crippen LogP contribution is 2.45. The van der Waals surface area contributed by atoms with Crippen LogP contribution in [0.25, 0.3) is 0 Å². The largest absolute Gasteiger partial charge is 0.452 e. The molecule has 2 N–H and O–H groups in total. The Bertz CT molecular complexity index is 360. The Labute approximate surface area is 105 Å². The molecule has 3 unspecified atom stereocenters. The van der Waals surface area contributed by atoms with Gasteiger partial charge >= 0.3 is 12.2 Å². The van der Waals surface area contributed by atoms with Crippen LogP contribution in [0.5, 0.6) is 0 Å². The van der Waals surface area contributed by atoms with Crippen LogP contribution in [0.4, 0.5) is 9.59 Å². The number of nitrogens with one attached hydrogen (secondary N) is 2. The van der Waals surface area contributed by atoms with Crippen LogP contribution >= 0.6 is 0 Å². The first-order chi connectivity index (χ1) is 8.63. The monoisotopic (exact) mass is 255 g/mol. The molecule has 0 saturated heterocycles. The second-order valence-corrected chi connectivity index (χ2v) is 4.70. The minimum Gasteiger partial charge on any atom is -0.452 e. The Balaban J connectivity index is 1.86. The van der Waals surface area contributed by atoms with Crippen molar-refractivity contribution in [3.8, 4) is 0 Å². The molecule has 0 radical (unpaired) electrons. The van der Waals surface area contributed by atoms with Crippen molar-refractivity contribution >= 4 is 18.5 Å². The highest BCUT2D eigenvalue weighted by atomic mass is 16.6. The fourth-order valence-electron chi connectivity index (χ4n) is 2.79. The zero-order valence-corrected chi connectivity index (χ0v) is 10.2. The van der Waals surface area contributed by atoms with Crippen molar-refractivity contribution in [3.63, 3.8) is 0 Å². The van der Waals surface area contributed by atoms with E-state index < -0.39 is 12.2 Å². The summed E-state index contributed by atoms with van der Waals surface area (Å²) in [5, 5.41) is 7.74. The molecule has 2 amide bonds. The van der Waals surface area contributed by atoms with E-state index in [9.17, 15) is 9.59 Å². The van der Waals surface area contributed by atoms with E-state index in [2.05, 4.69) is 10.2 Å². The molecule has 0 aromatic rings. The Morgan fingerprint density at radius 3 is 2.67 bits per heavy atom. The van der Waals surface area contributed by atoms with Crippen molar-refractivity contribution in [2.24, 2.45) is 11.8 Å². The molecular weight excluding hydrogens is 238 g/mol.